The van der Waals surface area contributed by atoms with Gasteiger partial charge in [0.2, 0.25) is 15.9 Å². The van der Waals surface area contributed by atoms with Crippen molar-refractivity contribution < 1.29 is 13.2 Å². The smallest absolute Gasteiger partial charge is 0.242 e. The zero-order valence-electron chi connectivity index (χ0n) is 11.7. The van der Waals surface area contributed by atoms with Crippen LogP contribution >= 0.6 is 0 Å². The Bertz CT molecular complexity index is 558. The van der Waals surface area contributed by atoms with Gasteiger partial charge in [-0.15, -0.1) is 0 Å². The maximum atomic E-state index is 12.0. The molecule has 0 aliphatic carbocycles. The van der Waals surface area contributed by atoms with E-state index in [1.807, 2.05) is 6.92 Å². The standard InChI is InChI=1S/C13H21N3O3S/c1-3-10(14)9-13(17)16-11-7-5-6-8-12(11)20(18,19)15-4-2/h5-8,10,15H,3-4,9,14H2,1-2H3,(H,16,17). The van der Waals surface area contributed by atoms with Gasteiger partial charge < -0.3 is 11.1 Å². The highest BCUT2D eigenvalue weighted by Gasteiger charge is 2.18. The highest BCUT2D eigenvalue weighted by atomic mass is 32.2. The van der Waals surface area contributed by atoms with E-state index in [0.29, 0.717) is 6.42 Å². The summed E-state index contributed by atoms with van der Waals surface area (Å²) in [6.07, 6.45) is 0.844. The van der Waals surface area contributed by atoms with Crippen molar-refractivity contribution in [2.24, 2.45) is 5.73 Å². The van der Waals surface area contributed by atoms with Gasteiger partial charge >= 0.3 is 0 Å². The van der Waals surface area contributed by atoms with Gasteiger partial charge in [0.15, 0.2) is 0 Å². The maximum Gasteiger partial charge on any atom is 0.242 e. The van der Waals surface area contributed by atoms with Crippen molar-refractivity contribution in [3.8, 4) is 0 Å². The van der Waals surface area contributed by atoms with Crippen LogP contribution in [0.15, 0.2) is 29.2 Å². The summed E-state index contributed by atoms with van der Waals surface area (Å²) in [4.78, 5) is 11.9. The van der Waals surface area contributed by atoms with Crippen LogP contribution in [0.4, 0.5) is 5.69 Å². The van der Waals surface area contributed by atoms with Crippen molar-refractivity contribution >= 4 is 21.6 Å². The molecule has 1 atom stereocenters. The minimum Gasteiger partial charge on any atom is -0.327 e. The van der Waals surface area contributed by atoms with E-state index in [2.05, 4.69) is 10.0 Å². The quantitative estimate of drug-likeness (QED) is 0.700. The molecule has 0 aromatic heterocycles. The van der Waals surface area contributed by atoms with Crippen molar-refractivity contribution in [3.05, 3.63) is 24.3 Å². The van der Waals surface area contributed by atoms with E-state index in [4.69, 9.17) is 5.73 Å². The van der Waals surface area contributed by atoms with Crippen LogP contribution in [0, 0.1) is 0 Å². The average Bonchev–Trinajstić information content (AvgIpc) is 2.38. The lowest BCUT2D eigenvalue weighted by molar-refractivity contribution is -0.116. The normalized spacial score (nSPS) is 12.9. The lowest BCUT2D eigenvalue weighted by atomic mass is 10.1. The third kappa shape index (κ3) is 4.59. The summed E-state index contributed by atoms with van der Waals surface area (Å²) in [7, 11) is -3.62. The van der Waals surface area contributed by atoms with E-state index >= 15 is 0 Å². The van der Waals surface area contributed by atoms with Gasteiger partial charge in [-0.3, -0.25) is 4.79 Å². The molecular formula is C13H21N3O3S. The molecule has 0 spiro atoms. The number of carbonyl (C=O) groups is 1. The first-order valence-corrected chi connectivity index (χ1v) is 8.03. The predicted molar refractivity (Wildman–Crippen MR) is 78.8 cm³/mol. The lowest BCUT2D eigenvalue weighted by Gasteiger charge is -2.13. The Balaban J connectivity index is 2.94. The van der Waals surface area contributed by atoms with Gasteiger partial charge in [-0.05, 0) is 18.6 Å². The second-order valence-electron chi connectivity index (χ2n) is 4.42. The van der Waals surface area contributed by atoms with Gasteiger partial charge in [0.25, 0.3) is 0 Å². The van der Waals surface area contributed by atoms with Crippen LogP contribution in [-0.2, 0) is 14.8 Å². The Labute approximate surface area is 119 Å². The van der Waals surface area contributed by atoms with E-state index in [0.717, 1.165) is 0 Å². The molecule has 1 unspecified atom stereocenters. The Kier molecular flexibility index (Phi) is 6.12. The first-order valence-electron chi connectivity index (χ1n) is 6.54. The van der Waals surface area contributed by atoms with Crippen LogP contribution in [0.3, 0.4) is 0 Å². The number of nitrogens with one attached hydrogen (secondary N) is 2. The molecule has 20 heavy (non-hydrogen) atoms. The lowest BCUT2D eigenvalue weighted by Crippen LogP contribution is -2.28. The van der Waals surface area contributed by atoms with Gasteiger partial charge in [0, 0.05) is 19.0 Å². The van der Waals surface area contributed by atoms with E-state index in [1.165, 1.54) is 6.07 Å². The first kappa shape index (κ1) is 16.6. The van der Waals surface area contributed by atoms with Gasteiger partial charge in [-0.25, -0.2) is 13.1 Å². The summed E-state index contributed by atoms with van der Waals surface area (Å²) in [6, 6.07) is 6.05. The molecule has 0 bridgehead atoms. The van der Waals surface area contributed by atoms with E-state index in [1.54, 1.807) is 25.1 Å². The molecule has 0 heterocycles. The van der Waals surface area contributed by atoms with Crippen LogP contribution in [-0.4, -0.2) is 26.9 Å². The van der Waals surface area contributed by atoms with Gasteiger partial charge in [-0.1, -0.05) is 26.0 Å². The maximum absolute atomic E-state index is 12.0. The molecule has 4 N–H and O–H groups in total. The summed E-state index contributed by atoms with van der Waals surface area (Å²) in [5.41, 5.74) is 5.97. The number of sulfonamides is 1. The molecule has 0 saturated carbocycles. The second kappa shape index (κ2) is 7.37. The molecule has 0 aliphatic rings. The van der Waals surface area contributed by atoms with E-state index in [-0.39, 0.29) is 35.5 Å². The number of hydrogen-bond donors (Lipinski definition) is 3. The van der Waals surface area contributed by atoms with Crippen LogP contribution in [0.2, 0.25) is 0 Å². The highest BCUT2D eigenvalue weighted by molar-refractivity contribution is 7.89. The fourth-order valence-electron chi connectivity index (χ4n) is 1.66. The number of rotatable bonds is 7. The molecule has 0 fully saturated rings. The van der Waals surface area contributed by atoms with Gasteiger partial charge in [0.05, 0.1) is 5.69 Å². The van der Waals surface area contributed by atoms with Crippen molar-refractivity contribution in [1.82, 2.24) is 4.72 Å². The van der Waals surface area contributed by atoms with Crippen LogP contribution in [0.1, 0.15) is 26.7 Å². The van der Waals surface area contributed by atoms with E-state index < -0.39 is 10.0 Å². The summed E-state index contributed by atoms with van der Waals surface area (Å²) in [6.45, 7) is 3.87. The fraction of sp³-hybridized carbons (Fsp3) is 0.462. The number of para-hydroxylation sites is 1. The molecule has 1 amide bonds. The number of anilines is 1. The van der Waals surface area contributed by atoms with Gasteiger partial charge in [0.1, 0.15) is 4.90 Å². The zero-order valence-corrected chi connectivity index (χ0v) is 12.5. The van der Waals surface area contributed by atoms with Crippen LogP contribution in [0.5, 0.6) is 0 Å². The molecule has 1 rings (SSSR count). The van der Waals surface area contributed by atoms with E-state index in [9.17, 15) is 13.2 Å². The summed E-state index contributed by atoms with van der Waals surface area (Å²) >= 11 is 0. The number of nitrogens with two attached hydrogens (primary N) is 1. The monoisotopic (exact) mass is 299 g/mol. The SMILES string of the molecule is CCNS(=O)(=O)c1ccccc1NC(=O)CC(N)CC. The van der Waals surface area contributed by atoms with Crippen molar-refractivity contribution in [3.63, 3.8) is 0 Å². The molecule has 7 heteroatoms. The van der Waals surface area contributed by atoms with Crippen molar-refractivity contribution in [1.29, 1.82) is 0 Å². The number of hydrogen-bond acceptors (Lipinski definition) is 4. The Hall–Kier alpha value is -1.44. The first-order chi connectivity index (χ1) is 9.40. The average molecular weight is 299 g/mol. The zero-order chi connectivity index (χ0) is 15.2. The third-order valence-corrected chi connectivity index (χ3v) is 4.36. The van der Waals surface area contributed by atoms with Crippen LogP contribution < -0.4 is 15.8 Å². The summed E-state index contributed by atoms with van der Waals surface area (Å²) in [5, 5.41) is 2.60. The molecule has 0 saturated heterocycles. The molecule has 0 radical (unpaired) electrons. The minimum absolute atomic E-state index is 0.0558. The molecule has 1 aromatic rings. The number of benzene rings is 1. The molecule has 112 valence electrons. The Morgan fingerprint density at radius 1 is 1.30 bits per heavy atom. The predicted octanol–water partition coefficient (Wildman–Crippen LogP) is 1.05. The topological polar surface area (TPSA) is 101 Å². The Morgan fingerprint density at radius 2 is 1.95 bits per heavy atom. The largest absolute Gasteiger partial charge is 0.327 e. The second-order valence-corrected chi connectivity index (χ2v) is 6.15. The molecule has 6 nitrogen and oxygen atoms in total. The molecule has 0 aliphatic heterocycles. The minimum atomic E-state index is -3.62. The van der Waals surface area contributed by atoms with Crippen LogP contribution in [0.25, 0.3) is 0 Å². The summed E-state index contributed by atoms with van der Waals surface area (Å²) < 4.78 is 26.5. The van der Waals surface area contributed by atoms with Crippen molar-refractivity contribution in [2.75, 3.05) is 11.9 Å². The third-order valence-electron chi connectivity index (χ3n) is 2.76. The summed E-state index contributed by atoms with van der Waals surface area (Å²) in [5.74, 6) is -0.293. The molecule has 1 aromatic carbocycles. The van der Waals surface area contributed by atoms with Crippen molar-refractivity contribution in [2.45, 2.75) is 37.6 Å². The number of carbonyl (C=O) groups excluding carboxylic acids is 1. The fourth-order valence-corrected chi connectivity index (χ4v) is 2.86. The van der Waals surface area contributed by atoms with Gasteiger partial charge in [-0.2, -0.15) is 0 Å². The number of amides is 1. The molecular weight excluding hydrogens is 278 g/mol. The Morgan fingerprint density at radius 3 is 2.55 bits per heavy atom. The highest BCUT2D eigenvalue weighted by Crippen LogP contribution is 2.20.